The fraction of sp³-hybridized carbons (Fsp3) is 0.913. The SMILES string of the molecule is NOOC1CCC(CC2CN(CCOO)CCN(CC(=O)O)CCN(CC(=O)O)CCN2CCOO)CC1. The Labute approximate surface area is 223 Å². The van der Waals surface area contributed by atoms with Crippen LogP contribution in [-0.2, 0) is 29.2 Å². The molecule has 0 aromatic rings. The lowest BCUT2D eigenvalue weighted by molar-refractivity contribution is -0.334. The zero-order chi connectivity index (χ0) is 27.8. The first-order valence-corrected chi connectivity index (χ1v) is 13.2. The molecule has 1 aliphatic carbocycles. The summed E-state index contributed by atoms with van der Waals surface area (Å²) in [5, 5.41) is 36.9. The van der Waals surface area contributed by atoms with Crippen molar-refractivity contribution in [2.75, 3.05) is 85.2 Å². The average molecular weight is 552 g/mol. The molecule has 2 fully saturated rings. The molecule has 1 unspecified atom stereocenters. The van der Waals surface area contributed by atoms with Gasteiger partial charge in [0, 0.05) is 64.9 Å². The average Bonchev–Trinajstić information content (AvgIpc) is 2.87. The summed E-state index contributed by atoms with van der Waals surface area (Å²) in [6.45, 7) is 4.29. The minimum absolute atomic E-state index is 0.0329. The first kappa shape index (κ1) is 32.7. The Morgan fingerprint density at radius 1 is 0.763 bits per heavy atom. The molecule has 0 amide bonds. The van der Waals surface area contributed by atoms with Crippen molar-refractivity contribution in [1.29, 1.82) is 0 Å². The number of aliphatic carboxylic acids is 2. The van der Waals surface area contributed by atoms with Gasteiger partial charge < -0.3 is 10.2 Å². The van der Waals surface area contributed by atoms with Crippen molar-refractivity contribution in [3.8, 4) is 0 Å². The maximum Gasteiger partial charge on any atom is 0.317 e. The van der Waals surface area contributed by atoms with Gasteiger partial charge in [-0.15, -0.1) is 4.99 Å². The molecule has 0 spiro atoms. The van der Waals surface area contributed by atoms with E-state index in [2.05, 4.69) is 24.6 Å². The lowest BCUT2D eigenvalue weighted by Gasteiger charge is -2.40. The van der Waals surface area contributed by atoms with Gasteiger partial charge in [-0.2, -0.15) is 5.90 Å². The third-order valence-electron chi connectivity index (χ3n) is 7.43. The van der Waals surface area contributed by atoms with Gasteiger partial charge in [0.05, 0.1) is 32.4 Å². The summed E-state index contributed by atoms with van der Waals surface area (Å²) in [6, 6.07) is 0.0381. The highest BCUT2D eigenvalue weighted by atomic mass is 17.3. The van der Waals surface area contributed by atoms with E-state index >= 15 is 0 Å². The molecule has 1 aliphatic heterocycles. The number of hydrogen-bond donors (Lipinski definition) is 5. The Bertz CT molecular complexity index is 670. The minimum atomic E-state index is -0.945. The molecular formula is C23H45N5O10. The highest BCUT2D eigenvalue weighted by Crippen LogP contribution is 2.31. The molecule has 0 bridgehead atoms. The van der Waals surface area contributed by atoms with Gasteiger partial charge in [-0.25, -0.2) is 14.7 Å². The molecule has 0 radical (unpaired) electrons. The van der Waals surface area contributed by atoms with E-state index in [0.717, 1.165) is 32.1 Å². The molecule has 15 heteroatoms. The van der Waals surface area contributed by atoms with Crippen molar-refractivity contribution in [3.05, 3.63) is 0 Å². The first-order valence-electron chi connectivity index (χ1n) is 13.2. The third-order valence-corrected chi connectivity index (χ3v) is 7.43. The van der Waals surface area contributed by atoms with E-state index in [1.165, 1.54) is 0 Å². The first-order chi connectivity index (χ1) is 18.3. The summed E-state index contributed by atoms with van der Waals surface area (Å²) in [6.07, 6.45) is 4.35. The van der Waals surface area contributed by atoms with Gasteiger partial charge in [-0.1, -0.05) is 0 Å². The smallest absolute Gasteiger partial charge is 0.317 e. The van der Waals surface area contributed by atoms with Crippen molar-refractivity contribution in [2.45, 2.75) is 44.2 Å². The molecule has 1 saturated heterocycles. The van der Waals surface area contributed by atoms with Gasteiger partial charge >= 0.3 is 11.9 Å². The zero-order valence-corrected chi connectivity index (χ0v) is 22.1. The van der Waals surface area contributed by atoms with Crippen molar-refractivity contribution >= 4 is 11.9 Å². The summed E-state index contributed by atoms with van der Waals surface area (Å²) in [4.78, 5) is 49.2. The van der Waals surface area contributed by atoms with Crippen molar-refractivity contribution in [2.24, 2.45) is 11.8 Å². The summed E-state index contributed by atoms with van der Waals surface area (Å²) in [5.74, 6) is 3.58. The zero-order valence-electron chi connectivity index (χ0n) is 22.1. The summed E-state index contributed by atoms with van der Waals surface area (Å²) in [5.41, 5.74) is 0. The number of nitrogens with two attached hydrogens (primary N) is 1. The molecule has 0 aromatic carbocycles. The second kappa shape index (κ2) is 18.7. The quantitative estimate of drug-likeness (QED) is 0.137. The van der Waals surface area contributed by atoms with Crippen LogP contribution in [0.25, 0.3) is 0 Å². The monoisotopic (exact) mass is 551 g/mol. The van der Waals surface area contributed by atoms with Gasteiger partial charge in [0.2, 0.25) is 0 Å². The van der Waals surface area contributed by atoms with Crippen molar-refractivity contribution in [3.63, 3.8) is 0 Å². The molecule has 15 nitrogen and oxygen atoms in total. The topological polar surface area (TPSA) is 191 Å². The Hall–Kier alpha value is -1.50. The fourth-order valence-corrected chi connectivity index (χ4v) is 5.42. The Morgan fingerprint density at radius 2 is 1.29 bits per heavy atom. The van der Waals surface area contributed by atoms with Crippen LogP contribution in [0.4, 0.5) is 0 Å². The molecule has 1 atom stereocenters. The largest absolute Gasteiger partial charge is 0.480 e. The highest BCUT2D eigenvalue weighted by Gasteiger charge is 2.30. The number of hydrogen-bond acceptors (Lipinski definition) is 13. The van der Waals surface area contributed by atoms with Crippen molar-refractivity contribution in [1.82, 2.24) is 19.6 Å². The predicted molar refractivity (Wildman–Crippen MR) is 134 cm³/mol. The van der Waals surface area contributed by atoms with Crippen molar-refractivity contribution < 1.29 is 50.0 Å². The number of rotatable bonds is 14. The number of carbonyl (C=O) groups is 2. The summed E-state index contributed by atoms with van der Waals surface area (Å²) >= 11 is 0. The number of nitrogens with zero attached hydrogens (tertiary/aromatic N) is 4. The maximum atomic E-state index is 11.5. The van der Waals surface area contributed by atoms with Crippen LogP contribution >= 0.6 is 0 Å². The molecule has 1 heterocycles. The van der Waals surface area contributed by atoms with E-state index in [1.807, 2.05) is 4.90 Å². The fourth-order valence-electron chi connectivity index (χ4n) is 5.42. The summed E-state index contributed by atoms with van der Waals surface area (Å²) < 4.78 is 0. The van der Waals surface area contributed by atoms with Gasteiger partial charge in [0.15, 0.2) is 0 Å². The predicted octanol–water partition coefficient (Wildman–Crippen LogP) is -0.504. The Kier molecular flexibility index (Phi) is 16.1. The van der Waals surface area contributed by atoms with E-state index in [-0.39, 0.29) is 38.4 Å². The van der Waals surface area contributed by atoms with Gasteiger partial charge in [-0.05, 0) is 38.0 Å². The van der Waals surface area contributed by atoms with Crippen LogP contribution in [0, 0.1) is 5.92 Å². The van der Waals surface area contributed by atoms with Crippen LogP contribution in [-0.4, -0.2) is 150 Å². The van der Waals surface area contributed by atoms with Crippen LogP contribution in [0.2, 0.25) is 0 Å². The lowest BCUT2D eigenvalue weighted by Crippen LogP contribution is -2.52. The maximum absolute atomic E-state index is 11.5. The molecule has 2 aliphatic rings. The highest BCUT2D eigenvalue weighted by molar-refractivity contribution is 5.69. The van der Waals surface area contributed by atoms with E-state index in [9.17, 15) is 19.8 Å². The van der Waals surface area contributed by atoms with Crippen LogP contribution in [0.15, 0.2) is 0 Å². The normalized spacial score (nSPS) is 26.0. The lowest BCUT2D eigenvalue weighted by atomic mass is 9.83. The number of carboxylic acid groups (broad SMARTS) is 2. The summed E-state index contributed by atoms with van der Waals surface area (Å²) in [7, 11) is 0. The molecule has 222 valence electrons. The van der Waals surface area contributed by atoms with Gasteiger partial charge in [0.1, 0.15) is 0 Å². The molecule has 0 aromatic heterocycles. The van der Waals surface area contributed by atoms with E-state index in [0.29, 0.717) is 64.8 Å². The molecule has 6 N–H and O–H groups in total. The van der Waals surface area contributed by atoms with Crippen LogP contribution in [0.3, 0.4) is 0 Å². The molecule has 2 rings (SSSR count). The van der Waals surface area contributed by atoms with E-state index in [4.69, 9.17) is 21.3 Å². The van der Waals surface area contributed by atoms with Gasteiger partial charge in [0.25, 0.3) is 0 Å². The van der Waals surface area contributed by atoms with Gasteiger partial charge in [-0.3, -0.25) is 39.7 Å². The molecule has 38 heavy (non-hydrogen) atoms. The molecule has 1 saturated carbocycles. The standard InChI is InChI=1S/C23H45N5O10/c24-38-37-21-3-1-19(2-4-21)15-20-16-27(11-13-35-33)8-7-25(17-22(29)30)5-6-26(18-23(31)32)9-10-28(20)12-14-36-34/h19-21,33-34H,1-18,24H2,(H,29,30)(H,31,32). The van der Waals surface area contributed by atoms with Crippen LogP contribution < -0.4 is 5.90 Å². The third kappa shape index (κ3) is 13.0. The Morgan fingerprint density at radius 3 is 1.82 bits per heavy atom. The second-order valence-corrected chi connectivity index (χ2v) is 10.1. The number of carboxylic acids is 2. The van der Waals surface area contributed by atoms with Crippen LogP contribution in [0.5, 0.6) is 0 Å². The van der Waals surface area contributed by atoms with E-state index in [1.54, 1.807) is 4.90 Å². The Balaban J connectivity index is 2.24. The minimum Gasteiger partial charge on any atom is -0.480 e. The van der Waals surface area contributed by atoms with E-state index < -0.39 is 11.9 Å². The van der Waals surface area contributed by atoms with Crippen LogP contribution in [0.1, 0.15) is 32.1 Å². The second-order valence-electron chi connectivity index (χ2n) is 10.1. The molecular weight excluding hydrogens is 506 g/mol.